The molecule has 0 radical (unpaired) electrons. The summed E-state index contributed by atoms with van der Waals surface area (Å²) in [5, 5.41) is 12.1. The lowest BCUT2D eigenvalue weighted by molar-refractivity contribution is -0.126. The van der Waals surface area contributed by atoms with Crippen LogP contribution < -0.4 is 11.1 Å². The van der Waals surface area contributed by atoms with Crippen LogP contribution in [0.25, 0.3) is 0 Å². The minimum Gasteiger partial charge on any atom is -0.393 e. The normalized spacial score (nSPS) is 17.3. The average Bonchev–Trinajstić information content (AvgIpc) is 2.36. The molecular weight excluding hydrogens is 240 g/mol. The van der Waals surface area contributed by atoms with E-state index in [4.69, 9.17) is 5.73 Å². The predicted molar refractivity (Wildman–Crippen MR) is 76.5 cm³/mol. The van der Waals surface area contributed by atoms with Crippen molar-refractivity contribution in [3.8, 4) is 0 Å². The van der Waals surface area contributed by atoms with Crippen LogP contribution in [0.5, 0.6) is 0 Å². The van der Waals surface area contributed by atoms with Crippen molar-refractivity contribution in [2.75, 3.05) is 6.54 Å². The van der Waals surface area contributed by atoms with Gasteiger partial charge in [0.1, 0.15) is 5.54 Å². The quantitative estimate of drug-likeness (QED) is 0.726. The Morgan fingerprint density at radius 3 is 2.47 bits per heavy atom. The van der Waals surface area contributed by atoms with Crippen LogP contribution in [0.1, 0.15) is 32.8 Å². The van der Waals surface area contributed by atoms with E-state index in [0.717, 1.165) is 5.56 Å². The molecule has 0 aliphatic heterocycles. The van der Waals surface area contributed by atoms with Crippen LogP contribution in [0.4, 0.5) is 0 Å². The van der Waals surface area contributed by atoms with E-state index in [9.17, 15) is 9.90 Å². The van der Waals surface area contributed by atoms with Crippen molar-refractivity contribution in [3.05, 3.63) is 35.9 Å². The van der Waals surface area contributed by atoms with Crippen molar-refractivity contribution in [2.45, 2.75) is 38.8 Å². The molecule has 0 heterocycles. The summed E-state index contributed by atoms with van der Waals surface area (Å²) < 4.78 is 0. The SMILES string of the molecule is CC(O)CC(C)CNC(=O)C(C)(N)c1ccccc1. The fourth-order valence-corrected chi connectivity index (χ4v) is 2.03. The second kappa shape index (κ2) is 6.68. The van der Waals surface area contributed by atoms with Crippen molar-refractivity contribution < 1.29 is 9.90 Å². The maximum Gasteiger partial charge on any atom is 0.244 e. The highest BCUT2D eigenvalue weighted by molar-refractivity contribution is 5.86. The molecule has 0 saturated carbocycles. The van der Waals surface area contributed by atoms with Gasteiger partial charge in [-0.3, -0.25) is 4.79 Å². The van der Waals surface area contributed by atoms with Crippen LogP contribution >= 0.6 is 0 Å². The molecule has 1 aromatic rings. The van der Waals surface area contributed by atoms with E-state index < -0.39 is 5.54 Å². The lowest BCUT2D eigenvalue weighted by Crippen LogP contribution is -2.50. The smallest absolute Gasteiger partial charge is 0.244 e. The van der Waals surface area contributed by atoms with Gasteiger partial charge in [0.15, 0.2) is 0 Å². The molecule has 106 valence electrons. The third-order valence-corrected chi connectivity index (χ3v) is 3.20. The van der Waals surface area contributed by atoms with Crippen LogP contribution in [0.15, 0.2) is 30.3 Å². The summed E-state index contributed by atoms with van der Waals surface area (Å²) in [6.07, 6.45) is 0.303. The molecule has 1 amide bonds. The van der Waals surface area contributed by atoms with E-state index in [2.05, 4.69) is 5.32 Å². The molecule has 0 bridgehead atoms. The molecule has 1 rings (SSSR count). The zero-order valence-corrected chi connectivity index (χ0v) is 11.9. The van der Waals surface area contributed by atoms with Gasteiger partial charge in [0.05, 0.1) is 6.10 Å². The lowest BCUT2D eigenvalue weighted by atomic mass is 9.92. The minimum absolute atomic E-state index is 0.198. The van der Waals surface area contributed by atoms with Gasteiger partial charge >= 0.3 is 0 Å². The molecule has 4 heteroatoms. The Bertz CT molecular complexity index is 402. The number of carbonyl (C=O) groups excluding carboxylic acids is 1. The number of amides is 1. The number of nitrogens with one attached hydrogen (secondary N) is 1. The summed E-state index contributed by atoms with van der Waals surface area (Å²) in [5.74, 6) is 0.0201. The molecule has 19 heavy (non-hydrogen) atoms. The molecule has 1 aromatic carbocycles. The number of benzene rings is 1. The molecule has 3 atom stereocenters. The fourth-order valence-electron chi connectivity index (χ4n) is 2.03. The largest absolute Gasteiger partial charge is 0.393 e. The highest BCUT2D eigenvalue weighted by Crippen LogP contribution is 2.17. The topological polar surface area (TPSA) is 75.3 Å². The summed E-state index contributed by atoms with van der Waals surface area (Å²) >= 11 is 0. The maximum absolute atomic E-state index is 12.2. The Morgan fingerprint density at radius 1 is 1.37 bits per heavy atom. The van der Waals surface area contributed by atoms with E-state index >= 15 is 0 Å². The molecule has 0 aliphatic carbocycles. The fraction of sp³-hybridized carbons (Fsp3) is 0.533. The lowest BCUT2D eigenvalue weighted by Gasteiger charge is -2.25. The van der Waals surface area contributed by atoms with Gasteiger partial charge in [0.2, 0.25) is 5.91 Å². The molecule has 4 N–H and O–H groups in total. The van der Waals surface area contributed by atoms with Crippen molar-refractivity contribution in [1.82, 2.24) is 5.32 Å². The molecule has 4 nitrogen and oxygen atoms in total. The van der Waals surface area contributed by atoms with Crippen LogP contribution in [-0.4, -0.2) is 23.7 Å². The zero-order chi connectivity index (χ0) is 14.5. The third kappa shape index (κ3) is 4.65. The van der Waals surface area contributed by atoms with Gasteiger partial charge in [0, 0.05) is 6.54 Å². The standard InChI is InChI=1S/C15H24N2O2/c1-11(9-12(2)18)10-17-14(19)15(3,16)13-7-5-4-6-8-13/h4-8,11-12,18H,9-10,16H2,1-3H3,(H,17,19). The van der Waals surface area contributed by atoms with Crippen molar-refractivity contribution >= 4 is 5.91 Å². The highest BCUT2D eigenvalue weighted by Gasteiger charge is 2.30. The van der Waals surface area contributed by atoms with Crippen LogP contribution in [-0.2, 0) is 10.3 Å². The zero-order valence-electron chi connectivity index (χ0n) is 11.9. The van der Waals surface area contributed by atoms with Crippen molar-refractivity contribution in [1.29, 1.82) is 0 Å². The summed E-state index contributed by atoms with van der Waals surface area (Å²) in [7, 11) is 0. The molecule has 0 saturated heterocycles. The monoisotopic (exact) mass is 264 g/mol. The number of hydrogen-bond donors (Lipinski definition) is 3. The average molecular weight is 264 g/mol. The Labute approximate surface area is 115 Å². The van der Waals surface area contributed by atoms with Gasteiger partial charge in [-0.25, -0.2) is 0 Å². The van der Waals surface area contributed by atoms with Crippen molar-refractivity contribution in [3.63, 3.8) is 0 Å². The van der Waals surface area contributed by atoms with E-state index in [0.29, 0.717) is 13.0 Å². The van der Waals surface area contributed by atoms with E-state index in [1.165, 1.54) is 0 Å². The summed E-state index contributed by atoms with van der Waals surface area (Å²) in [6.45, 7) is 5.96. The number of aliphatic hydroxyl groups excluding tert-OH is 1. The first-order valence-corrected chi connectivity index (χ1v) is 6.64. The molecular formula is C15H24N2O2. The number of aliphatic hydroxyl groups is 1. The molecule has 0 fully saturated rings. The first-order chi connectivity index (χ1) is 8.84. The second-order valence-corrected chi connectivity index (χ2v) is 5.47. The number of nitrogens with two attached hydrogens (primary N) is 1. The van der Waals surface area contributed by atoms with Gasteiger partial charge in [-0.15, -0.1) is 0 Å². The van der Waals surface area contributed by atoms with E-state index in [-0.39, 0.29) is 17.9 Å². The van der Waals surface area contributed by atoms with Gasteiger partial charge in [-0.2, -0.15) is 0 Å². The predicted octanol–water partition coefficient (Wildman–Crippen LogP) is 1.38. The Hall–Kier alpha value is -1.39. The van der Waals surface area contributed by atoms with Crippen LogP contribution in [0, 0.1) is 5.92 Å². The van der Waals surface area contributed by atoms with E-state index in [1.807, 2.05) is 37.3 Å². The minimum atomic E-state index is -1.04. The Balaban J connectivity index is 2.58. The maximum atomic E-state index is 12.2. The van der Waals surface area contributed by atoms with Gasteiger partial charge in [-0.05, 0) is 31.7 Å². The Kier molecular flexibility index (Phi) is 5.51. The molecule has 3 unspecified atom stereocenters. The summed E-state index contributed by atoms with van der Waals surface area (Å²) in [4.78, 5) is 12.2. The first-order valence-electron chi connectivity index (χ1n) is 6.64. The van der Waals surface area contributed by atoms with Gasteiger partial charge in [0.25, 0.3) is 0 Å². The van der Waals surface area contributed by atoms with E-state index in [1.54, 1.807) is 13.8 Å². The van der Waals surface area contributed by atoms with Crippen molar-refractivity contribution in [2.24, 2.45) is 11.7 Å². The van der Waals surface area contributed by atoms with Gasteiger partial charge in [-0.1, -0.05) is 37.3 Å². The Morgan fingerprint density at radius 2 is 1.95 bits per heavy atom. The highest BCUT2D eigenvalue weighted by atomic mass is 16.3. The molecule has 0 aliphatic rings. The molecule has 0 aromatic heterocycles. The van der Waals surface area contributed by atoms with Gasteiger partial charge < -0.3 is 16.2 Å². The first kappa shape index (κ1) is 15.7. The number of hydrogen-bond acceptors (Lipinski definition) is 3. The summed E-state index contributed by atoms with van der Waals surface area (Å²) in [6, 6.07) is 9.31. The second-order valence-electron chi connectivity index (χ2n) is 5.47. The molecule has 0 spiro atoms. The number of carbonyl (C=O) groups is 1. The number of rotatable bonds is 6. The summed E-state index contributed by atoms with van der Waals surface area (Å²) in [5.41, 5.74) is 5.86. The van der Waals surface area contributed by atoms with Crippen LogP contribution in [0.3, 0.4) is 0 Å². The third-order valence-electron chi connectivity index (χ3n) is 3.20. The van der Waals surface area contributed by atoms with Crippen LogP contribution in [0.2, 0.25) is 0 Å².